The molecule has 3 aliphatic rings. The van der Waals surface area contributed by atoms with E-state index in [1.807, 2.05) is 0 Å². The molecule has 1 saturated carbocycles. The summed E-state index contributed by atoms with van der Waals surface area (Å²) in [5.74, 6) is -2.98. The molecule has 4 atom stereocenters. The van der Waals surface area contributed by atoms with E-state index in [0.29, 0.717) is 18.7 Å². The van der Waals surface area contributed by atoms with E-state index in [1.54, 1.807) is 9.80 Å². The Morgan fingerprint density at radius 3 is 2.66 bits per heavy atom. The van der Waals surface area contributed by atoms with E-state index in [0.717, 1.165) is 6.07 Å². The van der Waals surface area contributed by atoms with Gasteiger partial charge in [0.15, 0.2) is 0 Å². The Bertz CT molecular complexity index is 851. The second-order valence-corrected chi connectivity index (χ2v) is 8.23. The van der Waals surface area contributed by atoms with E-state index >= 15 is 0 Å². The summed E-state index contributed by atoms with van der Waals surface area (Å²) in [5.41, 5.74) is 0.416. The van der Waals surface area contributed by atoms with Crippen molar-refractivity contribution in [3.63, 3.8) is 0 Å². The number of likely N-dealkylation sites (tertiary alicyclic amines) is 2. The molecule has 0 radical (unpaired) electrons. The maximum atomic E-state index is 13.3. The summed E-state index contributed by atoms with van der Waals surface area (Å²) < 4.78 is 18.3. The molecule has 2 aliphatic heterocycles. The maximum Gasteiger partial charge on any atom is 0.410 e. The van der Waals surface area contributed by atoms with E-state index in [2.05, 4.69) is 5.32 Å². The Morgan fingerprint density at radius 1 is 1.34 bits per heavy atom. The van der Waals surface area contributed by atoms with Gasteiger partial charge >= 0.3 is 6.09 Å². The van der Waals surface area contributed by atoms with Crippen molar-refractivity contribution >= 4 is 29.5 Å². The molecule has 10 heteroatoms. The average Bonchev–Trinajstić information content (AvgIpc) is 2.97. The van der Waals surface area contributed by atoms with Crippen molar-refractivity contribution < 1.29 is 28.6 Å². The monoisotopic (exact) mass is 425 g/mol. The van der Waals surface area contributed by atoms with Gasteiger partial charge in [0.2, 0.25) is 5.91 Å². The van der Waals surface area contributed by atoms with Crippen LogP contribution in [-0.2, 0) is 20.9 Å². The first kappa shape index (κ1) is 19.9. The highest BCUT2D eigenvalue weighted by atomic mass is 35.5. The predicted molar refractivity (Wildman–Crippen MR) is 99.0 cm³/mol. The summed E-state index contributed by atoms with van der Waals surface area (Å²) in [6.45, 7) is 2.93. The molecular weight excluding hydrogens is 405 g/mol. The largest absolute Gasteiger partial charge is 0.410 e. The molecule has 2 unspecified atom stereocenters. The number of ether oxygens (including phenoxy) is 1. The van der Waals surface area contributed by atoms with Crippen LogP contribution < -0.4 is 5.32 Å². The number of nitrogens with one attached hydrogen (secondary N) is 1. The van der Waals surface area contributed by atoms with Crippen molar-refractivity contribution in [3.05, 3.63) is 34.6 Å². The number of benzene rings is 1. The van der Waals surface area contributed by atoms with Crippen LogP contribution in [0.15, 0.2) is 18.2 Å². The van der Waals surface area contributed by atoms with Crippen molar-refractivity contribution in [1.82, 2.24) is 15.1 Å². The van der Waals surface area contributed by atoms with Crippen molar-refractivity contribution in [2.24, 2.45) is 11.8 Å². The highest BCUT2D eigenvalue weighted by Gasteiger charge is 2.64. The number of carbonyl (C=O) groups is 3. The number of hydrogen-bond acceptors (Lipinski definition) is 5. The molecule has 1 aliphatic carbocycles. The van der Waals surface area contributed by atoms with Crippen molar-refractivity contribution in [2.75, 3.05) is 19.6 Å². The lowest BCUT2D eigenvalue weighted by Crippen LogP contribution is -2.47. The summed E-state index contributed by atoms with van der Waals surface area (Å²) in [6.07, 6.45) is -1.01. The van der Waals surface area contributed by atoms with Gasteiger partial charge in [0.05, 0.1) is 0 Å². The Labute approximate surface area is 171 Å². The van der Waals surface area contributed by atoms with Crippen LogP contribution in [0.5, 0.6) is 0 Å². The number of rotatable bonds is 4. The Hall–Kier alpha value is -2.39. The van der Waals surface area contributed by atoms with Crippen LogP contribution in [0.3, 0.4) is 0 Å². The summed E-state index contributed by atoms with van der Waals surface area (Å²) >= 11 is 5.77. The molecule has 156 valence electrons. The minimum absolute atomic E-state index is 0.0137. The van der Waals surface area contributed by atoms with Gasteiger partial charge in [0, 0.05) is 62.4 Å². The molecule has 2 N–H and O–H groups in total. The average molecular weight is 426 g/mol. The van der Waals surface area contributed by atoms with Gasteiger partial charge in [-0.25, -0.2) is 9.18 Å². The lowest BCUT2D eigenvalue weighted by atomic mass is 10.2. The van der Waals surface area contributed by atoms with Gasteiger partial charge in [0.25, 0.3) is 11.7 Å². The Balaban J connectivity index is 1.31. The smallest absolute Gasteiger partial charge is 0.407 e. The molecule has 0 spiro atoms. The first-order valence-electron chi connectivity index (χ1n) is 9.39. The molecule has 8 nitrogen and oxygen atoms in total. The molecule has 0 bridgehead atoms. The molecule has 2 heterocycles. The molecule has 4 rings (SSSR count). The van der Waals surface area contributed by atoms with E-state index < -0.39 is 23.6 Å². The Morgan fingerprint density at radius 2 is 2.03 bits per heavy atom. The van der Waals surface area contributed by atoms with Crippen LogP contribution >= 0.6 is 11.6 Å². The summed E-state index contributed by atoms with van der Waals surface area (Å²) in [5, 5.41) is 13.1. The molecule has 29 heavy (non-hydrogen) atoms. The highest BCUT2D eigenvalue weighted by Crippen LogP contribution is 2.50. The quantitative estimate of drug-likeness (QED) is 0.704. The molecule has 1 aromatic rings. The fraction of sp³-hybridized carbons (Fsp3) is 0.526. The van der Waals surface area contributed by atoms with Crippen molar-refractivity contribution in [3.8, 4) is 0 Å². The van der Waals surface area contributed by atoms with Crippen molar-refractivity contribution in [1.29, 1.82) is 0 Å². The molecule has 1 aromatic carbocycles. The van der Waals surface area contributed by atoms with Gasteiger partial charge in [-0.2, -0.15) is 0 Å². The number of fused-ring (bicyclic) bond motifs is 1. The van der Waals surface area contributed by atoms with Gasteiger partial charge in [0.1, 0.15) is 5.82 Å². The number of hydrogen-bond donors (Lipinski definition) is 2. The summed E-state index contributed by atoms with van der Waals surface area (Å²) in [7, 11) is 0. The van der Waals surface area contributed by atoms with E-state index in [1.165, 1.54) is 19.1 Å². The predicted octanol–water partition coefficient (Wildman–Crippen LogP) is 1.10. The molecule has 3 fully saturated rings. The van der Waals surface area contributed by atoms with E-state index in [-0.39, 0.29) is 48.3 Å². The van der Waals surface area contributed by atoms with Crippen LogP contribution in [0.4, 0.5) is 9.18 Å². The zero-order chi connectivity index (χ0) is 20.9. The number of carbonyl (C=O) groups excluding carboxylic acids is 3. The fourth-order valence-corrected chi connectivity index (χ4v) is 4.62. The molecular formula is C19H21ClFN3O5. The summed E-state index contributed by atoms with van der Waals surface area (Å²) in [4.78, 5) is 39.5. The zero-order valence-corrected chi connectivity index (χ0v) is 16.5. The van der Waals surface area contributed by atoms with Crippen LogP contribution in [0.2, 0.25) is 5.02 Å². The fourth-order valence-electron chi connectivity index (χ4n) is 4.38. The number of halogens is 2. The van der Waals surface area contributed by atoms with Gasteiger partial charge in [-0.15, -0.1) is 0 Å². The third-order valence-electron chi connectivity index (χ3n) is 5.86. The lowest BCUT2D eigenvalue weighted by molar-refractivity contribution is -0.182. The zero-order valence-electron chi connectivity index (χ0n) is 15.7. The van der Waals surface area contributed by atoms with Crippen LogP contribution in [0.25, 0.3) is 0 Å². The van der Waals surface area contributed by atoms with Gasteiger partial charge in [-0.05, 0) is 23.8 Å². The normalized spacial score (nSPS) is 30.3. The molecule has 0 aromatic heterocycles. The minimum Gasteiger partial charge on any atom is -0.407 e. The third-order valence-corrected chi connectivity index (χ3v) is 6.08. The highest BCUT2D eigenvalue weighted by molar-refractivity contribution is 6.30. The molecule has 2 saturated heterocycles. The maximum absolute atomic E-state index is 13.3. The number of amides is 3. The topological polar surface area (TPSA) is 99.2 Å². The Kier molecular flexibility index (Phi) is 4.90. The lowest BCUT2D eigenvalue weighted by Gasteiger charge is -2.25. The second-order valence-electron chi connectivity index (χ2n) is 7.80. The number of alkyl carbamates (subject to hydrolysis) is 1. The van der Waals surface area contributed by atoms with Gasteiger partial charge in [-0.1, -0.05) is 11.6 Å². The number of aliphatic hydroxyl groups is 1. The van der Waals surface area contributed by atoms with Crippen LogP contribution in [0, 0.1) is 17.7 Å². The SMILES string of the molecule is CC(=O)N1C[C@@H]2C(N3CCC(O)(OC(=O)NCc4cc(F)cc(Cl)c4)C3=O)[C@@H]2C1. The summed E-state index contributed by atoms with van der Waals surface area (Å²) in [6, 6.07) is 3.80. The molecule has 3 amide bonds. The van der Waals surface area contributed by atoms with Crippen molar-refractivity contribution in [2.45, 2.75) is 31.7 Å². The minimum atomic E-state index is -2.22. The van der Waals surface area contributed by atoms with Crippen LogP contribution in [-0.4, -0.2) is 64.3 Å². The third kappa shape index (κ3) is 3.76. The van der Waals surface area contributed by atoms with Gasteiger partial charge < -0.3 is 25.0 Å². The first-order chi connectivity index (χ1) is 13.7. The van der Waals surface area contributed by atoms with Crippen LogP contribution in [0.1, 0.15) is 18.9 Å². The van der Waals surface area contributed by atoms with E-state index in [9.17, 15) is 23.9 Å². The number of nitrogens with zero attached hydrogens (tertiary/aromatic N) is 2. The number of piperidine rings is 1. The standard InChI is InChI=1S/C19H21ClFN3O5/c1-10(25)23-8-14-15(9-23)16(14)24-3-2-19(28,17(24)26)29-18(27)22-7-11-4-12(20)6-13(21)5-11/h4-6,14-16,28H,2-3,7-9H2,1H3,(H,22,27)/t14-,15+,16?,19?. The van der Waals surface area contributed by atoms with Gasteiger partial charge in [-0.3, -0.25) is 9.59 Å². The first-order valence-corrected chi connectivity index (χ1v) is 9.76. The second kappa shape index (κ2) is 7.14. The van der Waals surface area contributed by atoms with E-state index in [4.69, 9.17) is 16.3 Å².